The molecule has 0 aliphatic carbocycles. The number of nitrogens with zero attached hydrogens (tertiary/aromatic N) is 2. The molecule has 0 amide bonds. The molecule has 0 unspecified atom stereocenters. The van der Waals surface area contributed by atoms with Gasteiger partial charge in [-0.25, -0.2) is 0 Å². The molecule has 0 saturated carbocycles. The van der Waals surface area contributed by atoms with Gasteiger partial charge >= 0.3 is 0 Å². The number of anilines is 2. The summed E-state index contributed by atoms with van der Waals surface area (Å²) in [5.41, 5.74) is 7.54. The number of pyridine rings is 1. The van der Waals surface area contributed by atoms with Gasteiger partial charge < -0.3 is 20.8 Å². The van der Waals surface area contributed by atoms with E-state index in [0.717, 1.165) is 16.5 Å². The number of hydrogen-bond donors (Lipinski definition) is 3. The molecule has 18 heavy (non-hydrogen) atoms. The molecule has 5 nitrogen and oxygen atoms in total. The van der Waals surface area contributed by atoms with E-state index in [1.54, 1.807) is 12.4 Å². The average Bonchev–Trinajstić information content (AvgIpc) is 2.39. The predicted octanol–water partition coefficient (Wildman–Crippen LogP) is 0.608. The quantitative estimate of drug-likeness (QED) is 0.674. The van der Waals surface area contributed by atoms with Crippen molar-refractivity contribution in [2.75, 3.05) is 36.9 Å². The molecule has 0 aliphatic heterocycles. The van der Waals surface area contributed by atoms with Gasteiger partial charge in [-0.15, -0.1) is 0 Å². The summed E-state index contributed by atoms with van der Waals surface area (Å²) >= 11 is 0. The van der Waals surface area contributed by atoms with Crippen LogP contribution in [-0.2, 0) is 0 Å². The standard InChI is InChI=1S/C13H17N3O2/c14-12-1-2-13(16(5-7-17)6-8-18)10-3-4-15-9-11(10)12/h1-4,9,17-18H,5-8,14H2. The van der Waals surface area contributed by atoms with E-state index in [2.05, 4.69) is 4.98 Å². The van der Waals surface area contributed by atoms with Crippen LogP contribution in [0, 0.1) is 0 Å². The zero-order valence-electron chi connectivity index (χ0n) is 10.1. The molecule has 0 atom stereocenters. The second-order valence-electron chi connectivity index (χ2n) is 4.03. The minimum absolute atomic E-state index is 0.0386. The summed E-state index contributed by atoms with van der Waals surface area (Å²) < 4.78 is 0. The van der Waals surface area contributed by atoms with Crippen LogP contribution in [0.1, 0.15) is 0 Å². The van der Waals surface area contributed by atoms with Gasteiger partial charge in [0, 0.05) is 47.6 Å². The molecule has 0 fully saturated rings. The van der Waals surface area contributed by atoms with Crippen LogP contribution < -0.4 is 10.6 Å². The smallest absolute Gasteiger partial charge is 0.0606 e. The van der Waals surface area contributed by atoms with E-state index in [1.807, 2.05) is 23.1 Å². The Morgan fingerprint density at radius 2 is 1.78 bits per heavy atom. The molecule has 5 heteroatoms. The van der Waals surface area contributed by atoms with Gasteiger partial charge in [-0.05, 0) is 18.2 Å². The van der Waals surface area contributed by atoms with Gasteiger partial charge in [0.15, 0.2) is 0 Å². The highest BCUT2D eigenvalue weighted by atomic mass is 16.3. The first kappa shape index (κ1) is 12.6. The Bertz CT molecular complexity index is 525. The Kier molecular flexibility index (Phi) is 3.96. The summed E-state index contributed by atoms with van der Waals surface area (Å²) in [5, 5.41) is 20.0. The summed E-state index contributed by atoms with van der Waals surface area (Å²) in [6.45, 7) is 1.03. The first-order valence-electron chi connectivity index (χ1n) is 5.86. The predicted molar refractivity (Wildman–Crippen MR) is 72.5 cm³/mol. The van der Waals surface area contributed by atoms with E-state index in [-0.39, 0.29) is 13.2 Å². The minimum Gasteiger partial charge on any atom is -0.398 e. The Hall–Kier alpha value is -1.85. The molecule has 2 rings (SSSR count). The second-order valence-corrected chi connectivity index (χ2v) is 4.03. The van der Waals surface area contributed by atoms with Crippen molar-refractivity contribution in [3.63, 3.8) is 0 Å². The van der Waals surface area contributed by atoms with Gasteiger partial charge in [0.1, 0.15) is 0 Å². The lowest BCUT2D eigenvalue weighted by molar-refractivity contribution is 0.281. The Balaban J connectivity index is 2.52. The fourth-order valence-corrected chi connectivity index (χ4v) is 2.07. The summed E-state index contributed by atoms with van der Waals surface area (Å²) in [5.74, 6) is 0. The maximum atomic E-state index is 9.09. The van der Waals surface area contributed by atoms with Crippen LogP contribution in [0.3, 0.4) is 0 Å². The fraction of sp³-hybridized carbons (Fsp3) is 0.308. The largest absolute Gasteiger partial charge is 0.398 e. The van der Waals surface area contributed by atoms with E-state index in [1.165, 1.54) is 0 Å². The lowest BCUT2D eigenvalue weighted by Gasteiger charge is -2.24. The number of nitrogen functional groups attached to an aromatic ring is 1. The van der Waals surface area contributed by atoms with Crippen molar-refractivity contribution in [2.45, 2.75) is 0 Å². The first-order chi connectivity index (χ1) is 8.77. The maximum Gasteiger partial charge on any atom is 0.0606 e. The SMILES string of the molecule is Nc1ccc(N(CCO)CCO)c2ccncc12. The number of nitrogens with two attached hydrogens (primary N) is 1. The van der Waals surface area contributed by atoms with Crippen LogP contribution in [0.15, 0.2) is 30.6 Å². The molecule has 1 aromatic carbocycles. The molecule has 0 bridgehead atoms. The van der Waals surface area contributed by atoms with Crippen molar-refractivity contribution in [1.29, 1.82) is 0 Å². The third kappa shape index (κ3) is 2.37. The van der Waals surface area contributed by atoms with E-state index >= 15 is 0 Å². The third-order valence-corrected chi connectivity index (χ3v) is 2.91. The molecular formula is C13H17N3O2. The fourth-order valence-electron chi connectivity index (χ4n) is 2.07. The molecule has 0 spiro atoms. The summed E-state index contributed by atoms with van der Waals surface area (Å²) in [6.07, 6.45) is 3.44. The number of aromatic nitrogens is 1. The van der Waals surface area contributed by atoms with Gasteiger partial charge in [-0.1, -0.05) is 0 Å². The average molecular weight is 247 g/mol. The van der Waals surface area contributed by atoms with E-state index < -0.39 is 0 Å². The molecule has 1 aromatic heterocycles. The molecular weight excluding hydrogens is 230 g/mol. The number of hydrogen-bond acceptors (Lipinski definition) is 5. The number of fused-ring (bicyclic) bond motifs is 1. The zero-order chi connectivity index (χ0) is 13.0. The van der Waals surface area contributed by atoms with E-state index in [4.69, 9.17) is 15.9 Å². The third-order valence-electron chi connectivity index (χ3n) is 2.91. The number of aliphatic hydroxyl groups is 2. The molecule has 0 radical (unpaired) electrons. The maximum absolute atomic E-state index is 9.09. The van der Waals surface area contributed by atoms with Crippen LogP contribution in [0.5, 0.6) is 0 Å². The van der Waals surface area contributed by atoms with Crippen LogP contribution in [0.2, 0.25) is 0 Å². The molecule has 4 N–H and O–H groups in total. The minimum atomic E-state index is 0.0386. The lowest BCUT2D eigenvalue weighted by atomic mass is 10.1. The van der Waals surface area contributed by atoms with Crippen molar-refractivity contribution >= 4 is 22.1 Å². The van der Waals surface area contributed by atoms with Crippen molar-refractivity contribution < 1.29 is 10.2 Å². The second kappa shape index (κ2) is 5.66. The highest BCUT2D eigenvalue weighted by molar-refractivity contribution is 6.00. The highest BCUT2D eigenvalue weighted by Gasteiger charge is 2.10. The molecule has 0 saturated heterocycles. The van der Waals surface area contributed by atoms with E-state index in [9.17, 15) is 0 Å². The van der Waals surface area contributed by atoms with Crippen molar-refractivity contribution in [2.24, 2.45) is 0 Å². The van der Waals surface area contributed by atoms with Gasteiger partial charge in [0.05, 0.1) is 13.2 Å². The van der Waals surface area contributed by atoms with Crippen LogP contribution in [0.25, 0.3) is 10.8 Å². The van der Waals surface area contributed by atoms with Crippen LogP contribution >= 0.6 is 0 Å². The van der Waals surface area contributed by atoms with Gasteiger partial charge in [-0.2, -0.15) is 0 Å². The molecule has 96 valence electrons. The summed E-state index contributed by atoms with van der Waals surface area (Å²) in [6, 6.07) is 5.62. The molecule has 2 aromatic rings. The topological polar surface area (TPSA) is 82.6 Å². The van der Waals surface area contributed by atoms with Crippen molar-refractivity contribution in [3.8, 4) is 0 Å². The normalized spacial score (nSPS) is 10.8. The van der Waals surface area contributed by atoms with E-state index in [0.29, 0.717) is 18.8 Å². The summed E-state index contributed by atoms with van der Waals surface area (Å²) in [7, 11) is 0. The number of benzene rings is 1. The van der Waals surface area contributed by atoms with Gasteiger partial charge in [-0.3, -0.25) is 4.98 Å². The Morgan fingerprint density at radius 3 is 2.44 bits per heavy atom. The number of aliphatic hydroxyl groups excluding tert-OH is 2. The highest BCUT2D eigenvalue weighted by Crippen LogP contribution is 2.29. The molecule has 1 heterocycles. The summed E-state index contributed by atoms with van der Waals surface area (Å²) in [4.78, 5) is 6.00. The Morgan fingerprint density at radius 1 is 1.06 bits per heavy atom. The zero-order valence-corrected chi connectivity index (χ0v) is 10.1. The lowest BCUT2D eigenvalue weighted by Crippen LogP contribution is -2.29. The molecule has 0 aliphatic rings. The monoisotopic (exact) mass is 247 g/mol. The Labute approximate surface area is 105 Å². The first-order valence-corrected chi connectivity index (χ1v) is 5.86. The van der Waals surface area contributed by atoms with Crippen LogP contribution in [0.4, 0.5) is 11.4 Å². The van der Waals surface area contributed by atoms with Crippen LogP contribution in [-0.4, -0.2) is 41.5 Å². The van der Waals surface area contributed by atoms with Crippen molar-refractivity contribution in [3.05, 3.63) is 30.6 Å². The van der Waals surface area contributed by atoms with Gasteiger partial charge in [0.25, 0.3) is 0 Å². The van der Waals surface area contributed by atoms with Gasteiger partial charge in [0.2, 0.25) is 0 Å². The van der Waals surface area contributed by atoms with Crippen molar-refractivity contribution in [1.82, 2.24) is 4.98 Å². The number of rotatable bonds is 5.